The SMILES string of the molecule is COC(=O)C(C)(C)C(C)c1ccco1. The Hall–Kier alpha value is -1.25. The van der Waals surface area contributed by atoms with Crippen molar-refractivity contribution in [1.82, 2.24) is 0 Å². The lowest BCUT2D eigenvalue weighted by atomic mass is 9.78. The van der Waals surface area contributed by atoms with E-state index >= 15 is 0 Å². The molecule has 0 N–H and O–H groups in total. The molecule has 0 bridgehead atoms. The van der Waals surface area contributed by atoms with Gasteiger partial charge in [-0.15, -0.1) is 0 Å². The van der Waals surface area contributed by atoms with Crippen molar-refractivity contribution in [3.8, 4) is 0 Å². The van der Waals surface area contributed by atoms with Crippen LogP contribution in [0.4, 0.5) is 0 Å². The van der Waals surface area contributed by atoms with Gasteiger partial charge in [0.2, 0.25) is 0 Å². The van der Waals surface area contributed by atoms with E-state index in [-0.39, 0.29) is 11.9 Å². The normalized spacial score (nSPS) is 13.7. The quantitative estimate of drug-likeness (QED) is 0.697. The summed E-state index contributed by atoms with van der Waals surface area (Å²) in [4.78, 5) is 11.5. The third-order valence-corrected chi connectivity index (χ3v) is 2.76. The number of hydrogen-bond donors (Lipinski definition) is 0. The number of esters is 1. The molecule has 78 valence electrons. The summed E-state index contributed by atoms with van der Waals surface area (Å²) in [6, 6.07) is 3.69. The van der Waals surface area contributed by atoms with E-state index in [2.05, 4.69) is 0 Å². The molecule has 0 saturated heterocycles. The maximum atomic E-state index is 11.5. The largest absolute Gasteiger partial charge is 0.469 e. The second-order valence-electron chi connectivity index (χ2n) is 3.95. The maximum absolute atomic E-state index is 11.5. The first kappa shape index (κ1) is 10.8. The highest BCUT2D eigenvalue weighted by molar-refractivity contribution is 5.76. The molecule has 0 radical (unpaired) electrons. The molecule has 0 aliphatic carbocycles. The average molecular weight is 196 g/mol. The van der Waals surface area contributed by atoms with E-state index in [0.29, 0.717) is 0 Å². The summed E-state index contributed by atoms with van der Waals surface area (Å²) < 4.78 is 10.0. The molecule has 0 saturated carbocycles. The van der Waals surface area contributed by atoms with Gasteiger partial charge >= 0.3 is 5.97 Å². The first-order valence-corrected chi connectivity index (χ1v) is 4.62. The fourth-order valence-electron chi connectivity index (χ4n) is 1.33. The van der Waals surface area contributed by atoms with Gasteiger partial charge in [0.05, 0.1) is 18.8 Å². The Morgan fingerprint density at radius 3 is 2.64 bits per heavy atom. The van der Waals surface area contributed by atoms with Gasteiger partial charge in [-0.1, -0.05) is 6.92 Å². The van der Waals surface area contributed by atoms with E-state index in [1.165, 1.54) is 7.11 Å². The van der Waals surface area contributed by atoms with Crippen molar-refractivity contribution < 1.29 is 13.9 Å². The van der Waals surface area contributed by atoms with Gasteiger partial charge in [-0.3, -0.25) is 4.79 Å². The number of carbonyl (C=O) groups excluding carboxylic acids is 1. The summed E-state index contributed by atoms with van der Waals surface area (Å²) in [7, 11) is 1.40. The highest BCUT2D eigenvalue weighted by atomic mass is 16.5. The van der Waals surface area contributed by atoms with Crippen molar-refractivity contribution in [3.63, 3.8) is 0 Å². The van der Waals surface area contributed by atoms with E-state index in [0.717, 1.165) is 5.76 Å². The van der Waals surface area contributed by atoms with Crippen molar-refractivity contribution >= 4 is 5.97 Å². The summed E-state index contributed by atoms with van der Waals surface area (Å²) >= 11 is 0. The Labute approximate surface area is 84.1 Å². The molecule has 0 spiro atoms. The Kier molecular flexibility index (Phi) is 2.99. The number of ether oxygens (including phenoxy) is 1. The fraction of sp³-hybridized carbons (Fsp3) is 0.545. The molecule has 3 nitrogen and oxygen atoms in total. The zero-order valence-electron chi connectivity index (χ0n) is 9.03. The first-order valence-electron chi connectivity index (χ1n) is 4.62. The van der Waals surface area contributed by atoms with Crippen molar-refractivity contribution in [3.05, 3.63) is 24.2 Å². The Balaban J connectivity index is 2.88. The smallest absolute Gasteiger partial charge is 0.311 e. The van der Waals surface area contributed by atoms with Gasteiger partial charge in [0.1, 0.15) is 5.76 Å². The summed E-state index contributed by atoms with van der Waals surface area (Å²) in [5, 5.41) is 0. The van der Waals surface area contributed by atoms with Crippen molar-refractivity contribution in [1.29, 1.82) is 0 Å². The van der Waals surface area contributed by atoms with Crippen molar-refractivity contribution in [2.45, 2.75) is 26.7 Å². The summed E-state index contributed by atoms with van der Waals surface area (Å²) in [6.45, 7) is 5.66. The lowest BCUT2D eigenvalue weighted by Crippen LogP contribution is -2.31. The summed E-state index contributed by atoms with van der Waals surface area (Å²) in [5.41, 5.74) is -0.563. The maximum Gasteiger partial charge on any atom is 0.311 e. The molecule has 0 amide bonds. The molecule has 1 rings (SSSR count). The van der Waals surface area contributed by atoms with E-state index in [1.807, 2.05) is 32.9 Å². The number of carbonyl (C=O) groups is 1. The molecule has 0 aliphatic rings. The molecule has 1 unspecified atom stereocenters. The van der Waals surface area contributed by atoms with Crippen molar-refractivity contribution in [2.24, 2.45) is 5.41 Å². The Morgan fingerprint density at radius 2 is 2.21 bits per heavy atom. The minimum Gasteiger partial charge on any atom is -0.469 e. The van der Waals surface area contributed by atoms with Gasteiger partial charge in [0.25, 0.3) is 0 Å². The first-order chi connectivity index (χ1) is 6.50. The van der Waals surface area contributed by atoms with Crippen LogP contribution in [0.1, 0.15) is 32.4 Å². The topological polar surface area (TPSA) is 39.4 Å². The average Bonchev–Trinajstić information content (AvgIpc) is 2.67. The van der Waals surface area contributed by atoms with E-state index in [9.17, 15) is 4.79 Å². The van der Waals surface area contributed by atoms with Crippen LogP contribution in [0.2, 0.25) is 0 Å². The van der Waals surface area contributed by atoms with E-state index in [4.69, 9.17) is 9.15 Å². The zero-order valence-corrected chi connectivity index (χ0v) is 9.03. The monoisotopic (exact) mass is 196 g/mol. The minimum absolute atomic E-state index is 0.00458. The minimum atomic E-state index is -0.563. The molecule has 14 heavy (non-hydrogen) atoms. The lowest BCUT2D eigenvalue weighted by Gasteiger charge is -2.27. The van der Waals surface area contributed by atoms with Crippen LogP contribution in [0.3, 0.4) is 0 Å². The lowest BCUT2D eigenvalue weighted by molar-refractivity contribution is -0.152. The van der Waals surface area contributed by atoms with Crippen LogP contribution in [0.25, 0.3) is 0 Å². The van der Waals surface area contributed by atoms with Crippen molar-refractivity contribution in [2.75, 3.05) is 7.11 Å². The molecule has 0 aromatic carbocycles. The van der Waals surface area contributed by atoms with Gasteiger partial charge in [0.15, 0.2) is 0 Å². The third-order valence-electron chi connectivity index (χ3n) is 2.76. The van der Waals surface area contributed by atoms with Gasteiger partial charge in [-0.25, -0.2) is 0 Å². The van der Waals surface area contributed by atoms with Crippen LogP contribution in [0.15, 0.2) is 22.8 Å². The number of rotatable bonds is 3. The molecular weight excluding hydrogens is 180 g/mol. The Bertz CT molecular complexity index is 298. The van der Waals surface area contributed by atoms with Gasteiger partial charge < -0.3 is 9.15 Å². The molecule has 1 atom stereocenters. The highest BCUT2D eigenvalue weighted by Crippen LogP contribution is 2.36. The number of hydrogen-bond acceptors (Lipinski definition) is 3. The molecule has 0 aliphatic heterocycles. The second-order valence-corrected chi connectivity index (χ2v) is 3.95. The molecule has 3 heteroatoms. The van der Waals surface area contributed by atoms with E-state index < -0.39 is 5.41 Å². The van der Waals surface area contributed by atoms with Crippen LogP contribution in [-0.2, 0) is 9.53 Å². The van der Waals surface area contributed by atoms with Gasteiger partial charge in [-0.2, -0.15) is 0 Å². The van der Waals surface area contributed by atoms with E-state index in [1.54, 1.807) is 6.26 Å². The van der Waals surface area contributed by atoms with Crippen LogP contribution in [-0.4, -0.2) is 13.1 Å². The molecular formula is C11H16O3. The molecule has 1 heterocycles. The van der Waals surface area contributed by atoms with Crippen LogP contribution in [0, 0.1) is 5.41 Å². The predicted octanol–water partition coefficient (Wildman–Crippen LogP) is 2.58. The third kappa shape index (κ3) is 1.81. The number of furan rings is 1. The molecule has 1 aromatic rings. The summed E-state index contributed by atoms with van der Waals surface area (Å²) in [5.74, 6) is 0.590. The van der Waals surface area contributed by atoms with Crippen LogP contribution in [0.5, 0.6) is 0 Å². The highest BCUT2D eigenvalue weighted by Gasteiger charge is 2.37. The van der Waals surface area contributed by atoms with Crippen LogP contribution >= 0.6 is 0 Å². The molecule has 1 aromatic heterocycles. The molecule has 0 fully saturated rings. The predicted molar refractivity (Wildman–Crippen MR) is 52.9 cm³/mol. The number of methoxy groups -OCH3 is 1. The van der Waals surface area contributed by atoms with Gasteiger partial charge in [0, 0.05) is 5.92 Å². The second kappa shape index (κ2) is 3.86. The Morgan fingerprint density at radius 1 is 1.57 bits per heavy atom. The van der Waals surface area contributed by atoms with Crippen LogP contribution < -0.4 is 0 Å². The fourth-order valence-corrected chi connectivity index (χ4v) is 1.33. The van der Waals surface area contributed by atoms with Gasteiger partial charge in [-0.05, 0) is 26.0 Å². The zero-order chi connectivity index (χ0) is 10.8. The standard InChI is InChI=1S/C11H16O3/c1-8(9-6-5-7-14-9)11(2,3)10(12)13-4/h5-8H,1-4H3. The summed E-state index contributed by atoms with van der Waals surface area (Å²) in [6.07, 6.45) is 1.61.